The SMILES string of the molecule is CCC(N)c1cn(CC(=O)Nc2ccc(I)cc2C)nn1. The van der Waals surface area contributed by atoms with Crippen molar-refractivity contribution < 1.29 is 4.79 Å². The minimum absolute atomic E-state index is 0.120. The number of rotatable bonds is 5. The van der Waals surface area contributed by atoms with Gasteiger partial charge < -0.3 is 11.1 Å². The van der Waals surface area contributed by atoms with Gasteiger partial charge in [0.15, 0.2) is 0 Å². The number of aryl methyl sites for hydroxylation is 1. The average Bonchev–Trinajstić information content (AvgIpc) is 2.89. The number of hydrogen-bond donors (Lipinski definition) is 2. The molecule has 1 heterocycles. The molecule has 1 amide bonds. The van der Waals surface area contributed by atoms with Gasteiger partial charge in [0.05, 0.1) is 17.9 Å². The molecule has 6 nitrogen and oxygen atoms in total. The lowest BCUT2D eigenvalue weighted by Crippen LogP contribution is -2.19. The number of hydrogen-bond acceptors (Lipinski definition) is 4. The second-order valence-corrected chi connectivity index (χ2v) is 6.11. The van der Waals surface area contributed by atoms with E-state index in [0.29, 0.717) is 5.69 Å². The van der Waals surface area contributed by atoms with E-state index in [9.17, 15) is 4.79 Å². The second-order valence-electron chi connectivity index (χ2n) is 4.86. The summed E-state index contributed by atoms with van der Waals surface area (Å²) >= 11 is 2.24. The fourth-order valence-corrected chi connectivity index (χ4v) is 2.52. The Hall–Kier alpha value is -1.48. The third-order valence-corrected chi connectivity index (χ3v) is 3.82. The van der Waals surface area contributed by atoms with Crippen LogP contribution in [-0.2, 0) is 11.3 Å². The molecule has 0 aliphatic rings. The highest BCUT2D eigenvalue weighted by Gasteiger charge is 2.11. The van der Waals surface area contributed by atoms with Crippen LogP contribution in [-0.4, -0.2) is 20.9 Å². The second kappa shape index (κ2) is 6.99. The van der Waals surface area contributed by atoms with Crippen LogP contribution in [0, 0.1) is 10.5 Å². The number of carbonyl (C=O) groups is 1. The van der Waals surface area contributed by atoms with Crippen molar-refractivity contribution in [1.82, 2.24) is 15.0 Å². The molecule has 0 bridgehead atoms. The van der Waals surface area contributed by atoms with Gasteiger partial charge in [-0.25, -0.2) is 4.68 Å². The van der Waals surface area contributed by atoms with Crippen LogP contribution in [0.3, 0.4) is 0 Å². The molecule has 1 aromatic heterocycles. The van der Waals surface area contributed by atoms with Crippen LogP contribution in [0.2, 0.25) is 0 Å². The Morgan fingerprint density at radius 1 is 1.52 bits per heavy atom. The van der Waals surface area contributed by atoms with Gasteiger partial charge in [-0.05, 0) is 59.7 Å². The van der Waals surface area contributed by atoms with Crippen molar-refractivity contribution in [1.29, 1.82) is 0 Å². The Morgan fingerprint density at radius 3 is 2.95 bits per heavy atom. The number of nitrogens with zero attached hydrogens (tertiary/aromatic N) is 3. The van der Waals surface area contributed by atoms with E-state index in [1.807, 2.05) is 32.0 Å². The van der Waals surface area contributed by atoms with Crippen LogP contribution < -0.4 is 11.1 Å². The molecule has 1 atom stereocenters. The third kappa shape index (κ3) is 4.24. The lowest BCUT2D eigenvalue weighted by Gasteiger charge is -2.08. The minimum atomic E-state index is -0.139. The van der Waals surface area contributed by atoms with Crippen LogP contribution in [0.15, 0.2) is 24.4 Å². The van der Waals surface area contributed by atoms with E-state index in [0.717, 1.165) is 21.2 Å². The number of amides is 1. The van der Waals surface area contributed by atoms with Crippen LogP contribution in [0.25, 0.3) is 0 Å². The number of nitrogens with one attached hydrogen (secondary N) is 1. The van der Waals surface area contributed by atoms with Crippen molar-refractivity contribution in [3.8, 4) is 0 Å². The van der Waals surface area contributed by atoms with Gasteiger partial charge in [0.2, 0.25) is 5.91 Å². The summed E-state index contributed by atoms with van der Waals surface area (Å²) in [6, 6.07) is 5.73. The molecule has 7 heteroatoms. The van der Waals surface area contributed by atoms with Gasteiger partial charge in [0.1, 0.15) is 6.54 Å². The Labute approximate surface area is 137 Å². The molecule has 0 aliphatic heterocycles. The predicted octanol–water partition coefficient (Wildman–Crippen LogP) is 2.24. The molecular weight excluding hydrogens is 381 g/mol. The first-order chi connectivity index (χ1) is 9.99. The topological polar surface area (TPSA) is 85.8 Å². The van der Waals surface area contributed by atoms with Gasteiger partial charge in [-0.2, -0.15) is 0 Å². The maximum absolute atomic E-state index is 12.0. The molecule has 2 aromatic rings. The van der Waals surface area contributed by atoms with Gasteiger partial charge in [-0.15, -0.1) is 5.10 Å². The number of aromatic nitrogens is 3. The van der Waals surface area contributed by atoms with E-state index >= 15 is 0 Å². The first-order valence-corrected chi connectivity index (χ1v) is 7.79. The lowest BCUT2D eigenvalue weighted by molar-refractivity contribution is -0.116. The minimum Gasteiger partial charge on any atom is -0.324 e. The molecule has 21 heavy (non-hydrogen) atoms. The number of anilines is 1. The third-order valence-electron chi connectivity index (χ3n) is 3.14. The van der Waals surface area contributed by atoms with E-state index in [-0.39, 0.29) is 18.5 Å². The standard InChI is InChI=1S/C14H18IN5O/c1-3-11(16)13-7-20(19-18-13)8-14(21)17-12-5-4-10(15)6-9(12)2/h4-7,11H,3,8,16H2,1-2H3,(H,17,21). The smallest absolute Gasteiger partial charge is 0.246 e. The quantitative estimate of drug-likeness (QED) is 0.756. The van der Waals surface area contributed by atoms with Crippen molar-refractivity contribution in [3.63, 3.8) is 0 Å². The molecule has 2 rings (SSSR count). The Balaban J connectivity index is 2.00. The average molecular weight is 399 g/mol. The van der Waals surface area contributed by atoms with Crippen molar-refractivity contribution in [2.24, 2.45) is 5.73 Å². The molecule has 0 radical (unpaired) electrons. The highest BCUT2D eigenvalue weighted by atomic mass is 127. The molecule has 0 saturated heterocycles. The van der Waals surface area contributed by atoms with Crippen molar-refractivity contribution in [2.45, 2.75) is 32.9 Å². The molecule has 0 fully saturated rings. The molecule has 0 spiro atoms. The predicted molar refractivity (Wildman–Crippen MR) is 89.8 cm³/mol. The van der Waals surface area contributed by atoms with E-state index in [4.69, 9.17) is 5.73 Å². The molecule has 1 aromatic carbocycles. The highest BCUT2D eigenvalue weighted by molar-refractivity contribution is 14.1. The molecule has 112 valence electrons. The summed E-state index contributed by atoms with van der Waals surface area (Å²) in [5.41, 5.74) is 8.42. The molecule has 3 N–H and O–H groups in total. The number of halogens is 1. The van der Waals surface area contributed by atoms with Crippen LogP contribution in [0.1, 0.15) is 30.6 Å². The molecule has 0 saturated carbocycles. The Bertz CT molecular complexity index is 640. The fraction of sp³-hybridized carbons (Fsp3) is 0.357. The van der Waals surface area contributed by atoms with Crippen molar-refractivity contribution in [3.05, 3.63) is 39.2 Å². The highest BCUT2D eigenvalue weighted by Crippen LogP contribution is 2.17. The number of benzene rings is 1. The maximum Gasteiger partial charge on any atom is 0.246 e. The van der Waals surface area contributed by atoms with Crippen LogP contribution >= 0.6 is 22.6 Å². The van der Waals surface area contributed by atoms with E-state index < -0.39 is 0 Å². The van der Waals surface area contributed by atoms with Crippen LogP contribution in [0.5, 0.6) is 0 Å². The van der Waals surface area contributed by atoms with Crippen molar-refractivity contribution in [2.75, 3.05) is 5.32 Å². The zero-order valence-corrected chi connectivity index (χ0v) is 14.2. The van der Waals surface area contributed by atoms with Gasteiger partial charge in [0, 0.05) is 9.26 Å². The number of nitrogens with two attached hydrogens (primary N) is 1. The summed E-state index contributed by atoms with van der Waals surface area (Å²) in [5, 5.41) is 10.8. The van der Waals surface area contributed by atoms with E-state index in [1.165, 1.54) is 4.68 Å². The molecule has 0 aliphatic carbocycles. The molecular formula is C14H18IN5O. The summed E-state index contributed by atoms with van der Waals surface area (Å²) in [4.78, 5) is 12.0. The fourth-order valence-electron chi connectivity index (χ4n) is 1.87. The molecule has 1 unspecified atom stereocenters. The summed E-state index contributed by atoms with van der Waals surface area (Å²) in [5.74, 6) is -0.138. The number of carbonyl (C=O) groups excluding carboxylic acids is 1. The lowest BCUT2D eigenvalue weighted by atomic mass is 10.2. The summed E-state index contributed by atoms with van der Waals surface area (Å²) in [6.07, 6.45) is 2.50. The normalized spacial score (nSPS) is 12.2. The maximum atomic E-state index is 12.0. The van der Waals surface area contributed by atoms with Gasteiger partial charge in [-0.1, -0.05) is 12.1 Å². The summed E-state index contributed by atoms with van der Waals surface area (Å²) < 4.78 is 2.64. The largest absolute Gasteiger partial charge is 0.324 e. The summed E-state index contributed by atoms with van der Waals surface area (Å²) in [7, 11) is 0. The van der Waals surface area contributed by atoms with Crippen molar-refractivity contribution >= 4 is 34.2 Å². The van der Waals surface area contributed by atoms with Gasteiger partial charge in [0.25, 0.3) is 0 Å². The first-order valence-electron chi connectivity index (χ1n) is 6.71. The van der Waals surface area contributed by atoms with Crippen LogP contribution in [0.4, 0.5) is 5.69 Å². The van der Waals surface area contributed by atoms with Gasteiger partial charge >= 0.3 is 0 Å². The first kappa shape index (κ1) is 15.9. The Morgan fingerprint density at radius 2 is 2.29 bits per heavy atom. The zero-order chi connectivity index (χ0) is 15.4. The zero-order valence-electron chi connectivity index (χ0n) is 12.0. The van der Waals surface area contributed by atoms with Gasteiger partial charge in [-0.3, -0.25) is 4.79 Å². The Kier molecular flexibility index (Phi) is 5.29. The van der Waals surface area contributed by atoms with E-state index in [2.05, 4.69) is 38.2 Å². The van der Waals surface area contributed by atoms with E-state index in [1.54, 1.807) is 6.20 Å². The summed E-state index contributed by atoms with van der Waals surface area (Å²) in [6.45, 7) is 4.07. The monoisotopic (exact) mass is 399 g/mol.